The zero-order valence-electron chi connectivity index (χ0n) is 5.49. The molecule has 0 bridgehead atoms. The molecule has 1 N–H and O–H groups in total. The summed E-state index contributed by atoms with van der Waals surface area (Å²) >= 11 is 0. The van der Waals surface area contributed by atoms with Crippen LogP contribution >= 0.6 is 10.7 Å². The largest absolute Gasteiger partial charge is 0.473 e. The number of nitrogens with zero attached hydrogens (tertiary/aromatic N) is 1. The van der Waals surface area contributed by atoms with E-state index in [0.29, 0.717) is 6.04 Å². The fraction of sp³-hybridized carbons (Fsp3) is 0.667. The lowest BCUT2D eigenvalue weighted by Gasteiger charge is -2.35. The summed E-state index contributed by atoms with van der Waals surface area (Å²) in [5.74, 6) is 0. The number of carbonyl (C=O) groups is 1. The Bertz CT molecular complexity index is 214. The van der Waals surface area contributed by atoms with E-state index in [2.05, 4.69) is 4.31 Å². The molecule has 0 aromatic rings. The average Bonchev–Trinajstić information content (AvgIpc) is 2.07. The summed E-state index contributed by atoms with van der Waals surface area (Å²) in [5.41, 5.74) is 0. The third kappa shape index (κ3) is 0.722. The molecule has 4 heteroatoms. The second-order valence-corrected chi connectivity index (χ2v) is 4.35. The SMILES string of the molecule is O=C(O)S1=CCC2CCN21. The third-order valence-electron chi connectivity index (χ3n) is 2.05. The second-order valence-electron chi connectivity index (χ2n) is 2.57. The molecule has 0 aromatic heterocycles. The predicted molar refractivity (Wildman–Crippen MR) is 41.4 cm³/mol. The molecule has 1 saturated heterocycles. The molecule has 2 aliphatic rings. The van der Waals surface area contributed by atoms with Gasteiger partial charge in [0, 0.05) is 12.6 Å². The Kier molecular flexibility index (Phi) is 1.32. The lowest BCUT2D eigenvalue weighted by Crippen LogP contribution is -2.40. The van der Waals surface area contributed by atoms with E-state index >= 15 is 0 Å². The molecule has 2 unspecified atom stereocenters. The summed E-state index contributed by atoms with van der Waals surface area (Å²) in [6, 6.07) is 0.569. The maximum absolute atomic E-state index is 10.5. The fourth-order valence-electron chi connectivity index (χ4n) is 1.38. The highest BCUT2D eigenvalue weighted by Gasteiger charge is 2.36. The predicted octanol–water partition coefficient (Wildman–Crippen LogP) is 1.13. The summed E-state index contributed by atoms with van der Waals surface area (Å²) in [4.78, 5) is 10.5. The van der Waals surface area contributed by atoms with Crippen molar-refractivity contribution in [1.29, 1.82) is 0 Å². The smallest absolute Gasteiger partial charge is 0.372 e. The molecule has 2 heterocycles. The molecule has 0 radical (unpaired) electrons. The van der Waals surface area contributed by atoms with Gasteiger partial charge in [0.2, 0.25) is 0 Å². The molecule has 10 heavy (non-hydrogen) atoms. The number of carboxylic acid groups (broad SMARTS) is 1. The molecule has 0 saturated carbocycles. The van der Waals surface area contributed by atoms with E-state index in [1.807, 2.05) is 5.37 Å². The minimum absolute atomic E-state index is 0.542. The summed E-state index contributed by atoms with van der Waals surface area (Å²) in [6.45, 7) is 0.983. The van der Waals surface area contributed by atoms with Crippen LogP contribution < -0.4 is 0 Å². The quantitative estimate of drug-likeness (QED) is 0.538. The van der Waals surface area contributed by atoms with Crippen molar-refractivity contribution in [2.24, 2.45) is 0 Å². The maximum atomic E-state index is 10.5. The van der Waals surface area contributed by atoms with Crippen molar-refractivity contribution in [1.82, 2.24) is 4.31 Å². The second kappa shape index (κ2) is 2.07. The van der Waals surface area contributed by atoms with E-state index in [1.54, 1.807) is 0 Å². The normalized spacial score (nSPS) is 38.0. The van der Waals surface area contributed by atoms with Crippen molar-refractivity contribution in [2.45, 2.75) is 18.9 Å². The highest BCUT2D eigenvalue weighted by atomic mass is 32.2. The number of hydrogen-bond donors (Lipinski definition) is 1. The first-order chi connectivity index (χ1) is 4.79. The lowest BCUT2D eigenvalue weighted by molar-refractivity contribution is 0.211. The molecular formula is C6H9NO2S. The van der Waals surface area contributed by atoms with Crippen LogP contribution in [0.2, 0.25) is 0 Å². The van der Waals surface area contributed by atoms with Gasteiger partial charge in [-0.15, -0.1) is 0 Å². The van der Waals surface area contributed by atoms with Crippen molar-refractivity contribution in [3.05, 3.63) is 0 Å². The van der Waals surface area contributed by atoms with Gasteiger partial charge in [-0.05, 0) is 28.9 Å². The van der Waals surface area contributed by atoms with Crippen molar-refractivity contribution < 1.29 is 9.90 Å². The van der Waals surface area contributed by atoms with Gasteiger partial charge in [-0.3, -0.25) is 0 Å². The first-order valence-electron chi connectivity index (χ1n) is 3.35. The van der Waals surface area contributed by atoms with E-state index in [0.717, 1.165) is 13.0 Å². The lowest BCUT2D eigenvalue weighted by atomic mass is 10.1. The van der Waals surface area contributed by atoms with Gasteiger partial charge in [0.1, 0.15) is 0 Å². The molecule has 1 fully saturated rings. The molecule has 0 spiro atoms. The van der Waals surface area contributed by atoms with Crippen LogP contribution in [0.4, 0.5) is 4.79 Å². The molecule has 0 amide bonds. The van der Waals surface area contributed by atoms with Crippen LogP contribution in [0.15, 0.2) is 0 Å². The van der Waals surface area contributed by atoms with Crippen LogP contribution in [-0.2, 0) is 0 Å². The molecule has 2 aliphatic heterocycles. The standard InChI is InChI=1S/C6H9NO2S/c8-6(9)10-4-2-5-1-3-7(5)10/h4-5H,1-3H2,(H,8,9). The van der Waals surface area contributed by atoms with Crippen LogP contribution in [-0.4, -0.2) is 32.7 Å². The fourth-order valence-corrected chi connectivity index (χ4v) is 3.13. The number of fused-ring (bicyclic) bond motifs is 1. The van der Waals surface area contributed by atoms with E-state index in [-0.39, 0.29) is 0 Å². The Labute approximate surface area is 61.7 Å². The summed E-state index contributed by atoms with van der Waals surface area (Å²) in [6.07, 6.45) is 2.17. The van der Waals surface area contributed by atoms with Crippen LogP contribution in [0.25, 0.3) is 0 Å². The van der Waals surface area contributed by atoms with E-state index < -0.39 is 16.0 Å². The van der Waals surface area contributed by atoms with E-state index in [1.165, 1.54) is 6.42 Å². The van der Waals surface area contributed by atoms with Gasteiger partial charge >= 0.3 is 5.30 Å². The minimum Gasteiger partial charge on any atom is -0.473 e. The monoisotopic (exact) mass is 159 g/mol. The molecular weight excluding hydrogens is 150 g/mol. The Morgan fingerprint density at radius 2 is 2.60 bits per heavy atom. The van der Waals surface area contributed by atoms with Gasteiger partial charge in [0.25, 0.3) is 0 Å². The van der Waals surface area contributed by atoms with Gasteiger partial charge in [0.05, 0.1) is 0 Å². The average molecular weight is 159 g/mol. The van der Waals surface area contributed by atoms with Crippen molar-refractivity contribution >= 4 is 21.3 Å². The highest BCUT2D eigenvalue weighted by molar-refractivity contribution is 8.25. The Morgan fingerprint density at radius 3 is 2.90 bits per heavy atom. The first kappa shape index (κ1) is 6.37. The van der Waals surface area contributed by atoms with Gasteiger partial charge in [-0.2, -0.15) is 0 Å². The van der Waals surface area contributed by atoms with Gasteiger partial charge in [-0.25, -0.2) is 9.10 Å². The van der Waals surface area contributed by atoms with Crippen molar-refractivity contribution in [2.75, 3.05) is 6.54 Å². The Hall–Kier alpha value is -0.350. The Balaban J connectivity index is 2.16. The topological polar surface area (TPSA) is 40.5 Å². The van der Waals surface area contributed by atoms with Gasteiger partial charge in [-0.1, -0.05) is 0 Å². The summed E-state index contributed by atoms with van der Waals surface area (Å²) in [7, 11) is -0.542. The number of hydrogen-bond acceptors (Lipinski definition) is 2. The van der Waals surface area contributed by atoms with E-state index in [9.17, 15) is 4.79 Å². The minimum atomic E-state index is -0.665. The van der Waals surface area contributed by atoms with E-state index in [4.69, 9.17) is 5.11 Å². The molecule has 56 valence electrons. The zero-order chi connectivity index (χ0) is 7.14. The third-order valence-corrected chi connectivity index (χ3v) is 3.90. The maximum Gasteiger partial charge on any atom is 0.372 e. The van der Waals surface area contributed by atoms with Crippen LogP contribution in [0.1, 0.15) is 12.8 Å². The van der Waals surface area contributed by atoms with Gasteiger partial charge < -0.3 is 5.11 Å². The van der Waals surface area contributed by atoms with Gasteiger partial charge in [0.15, 0.2) is 0 Å². The highest BCUT2D eigenvalue weighted by Crippen LogP contribution is 2.38. The van der Waals surface area contributed by atoms with Crippen LogP contribution in [0.5, 0.6) is 0 Å². The van der Waals surface area contributed by atoms with Crippen LogP contribution in [0.3, 0.4) is 0 Å². The molecule has 2 atom stereocenters. The molecule has 0 aliphatic carbocycles. The summed E-state index contributed by atoms with van der Waals surface area (Å²) in [5, 5.41) is 9.94. The van der Waals surface area contributed by atoms with Crippen LogP contribution in [0, 0.1) is 0 Å². The van der Waals surface area contributed by atoms with Crippen molar-refractivity contribution in [3.63, 3.8) is 0 Å². The summed E-state index contributed by atoms with van der Waals surface area (Å²) < 4.78 is 2.07. The zero-order valence-corrected chi connectivity index (χ0v) is 6.30. The number of rotatable bonds is 0. The molecule has 3 nitrogen and oxygen atoms in total. The molecule has 2 rings (SSSR count). The first-order valence-corrected chi connectivity index (χ1v) is 4.59. The molecule has 0 aromatic carbocycles. The van der Waals surface area contributed by atoms with Crippen molar-refractivity contribution in [3.8, 4) is 0 Å². The Morgan fingerprint density at radius 1 is 1.80 bits per heavy atom.